The fourth-order valence-electron chi connectivity index (χ4n) is 9.65. The van der Waals surface area contributed by atoms with Gasteiger partial charge in [0, 0.05) is 0 Å². The van der Waals surface area contributed by atoms with E-state index in [9.17, 15) is 5.11 Å². The summed E-state index contributed by atoms with van der Waals surface area (Å²) in [6, 6.07) is 0. The van der Waals surface area contributed by atoms with E-state index in [1.54, 1.807) is 0 Å². The van der Waals surface area contributed by atoms with Crippen molar-refractivity contribution in [2.45, 2.75) is 118 Å². The molecule has 4 rings (SSSR count). The van der Waals surface area contributed by atoms with E-state index in [1.165, 1.54) is 70.6 Å². The van der Waals surface area contributed by atoms with Crippen molar-refractivity contribution < 1.29 is 5.11 Å². The molecule has 4 aliphatic carbocycles. The molecule has 1 N–H and O–H groups in total. The average Bonchev–Trinajstić information content (AvgIpc) is 3.02. The average molecular weight is 403 g/mol. The van der Waals surface area contributed by atoms with Crippen LogP contribution in [-0.2, 0) is 0 Å². The Morgan fingerprint density at radius 1 is 0.862 bits per heavy atom. The predicted molar refractivity (Wildman–Crippen MR) is 124 cm³/mol. The van der Waals surface area contributed by atoms with Crippen molar-refractivity contribution in [3.8, 4) is 0 Å². The molecule has 4 aliphatic rings. The lowest BCUT2D eigenvalue weighted by Crippen LogP contribution is -2.59. The maximum absolute atomic E-state index is 11.4. The lowest BCUT2D eigenvalue weighted by atomic mass is 9.43. The van der Waals surface area contributed by atoms with Gasteiger partial charge in [-0.25, -0.2) is 0 Å². The van der Waals surface area contributed by atoms with Crippen LogP contribution in [0.5, 0.6) is 0 Å². The van der Waals surface area contributed by atoms with Crippen molar-refractivity contribution in [3.63, 3.8) is 0 Å². The van der Waals surface area contributed by atoms with E-state index >= 15 is 0 Å². The highest BCUT2D eigenvalue weighted by molar-refractivity contribution is 5.11. The fourth-order valence-corrected chi connectivity index (χ4v) is 9.65. The lowest BCUT2D eigenvalue weighted by molar-refractivity contribution is -0.179. The van der Waals surface area contributed by atoms with E-state index in [0.717, 1.165) is 41.4 Å². The van der Waals surface area contributed by atoms with Gasteiger partial charge in [0.1, 0.15) is 0 Å². The molecule has 4 fully saturated rings. The summed E-state index contributed by atoms with van der Waals surface area (Å²) < 4.78 is 0. The minimum absolute atomic E-state index is 0.0643. The van der Waals surface area contributed by atoms with Crippen LogP contribution in [0.25, 0.3) is 0 Å². The molecule has 1 heteroatoms. The predicted octanol–water partition coefficient (Wildman–Crippen LogP) is 7.71. The number of hydrogen-bond acceptors (Lipinski definition) is 1. The first-order chi connectivity index (χ1) is 13.7. The zero-order valence-electron chi connectivity index (χ0n) is 20.4. The van der Waals surface area contributed by atoms with Gasteiger partial charge >= 0.3 is 0 Å². The van der Waals surface area contributed by atoms with Gasteiger partial charge in [0.05, 0.1) is 6.10 Å². The summed E-state index contributed by atoms with van der Waals surface area (Å²) in [5.74, 6) is 6.58. The lowest BCUT2D eigenvalue weighted by Gasteiger charge is -2.63. The molecule has 3 unspecified atom stereocenters. The Balaban J connectivity index is 1.50. The summed E-state index contributed by atoms with van der Waals surface area (Å²) in [5, 5.41) is 11.4. The Bertz CT molecular complexity index is 565. The van der Waals surface area contributed by atoms with Gasteiger partial charge in [-0.05, 0) is 110 Å². The molecule has 4 saturated carbocycles. The van der Waals surface area contributed by atoms with Crippen molar-refractivity contribution in [1.29, 1.82) is 0 Å². The minimum Gasteiger partial charge on any atom is -0.392 e. The molecule has 0 heterocycles. The number of rotatable bonds is 5. The van der Waals surface area contributed by atoms with Gasteiger partial charge in [-0.2, -0.15) is 0 Å². The largest absolute Gasteiger partial charge is 0.392 e. The molecule has 0 amide bonds. The molecule has 0 spiro atoms. The van der Waals surface area contributed by atoms with Gasteiger partial charge in [0.15, 0.2) is 0 Å². The van der Waals surface area contributed by atoms with Crippen LogP contribution in [0.4, 0.5) is 0 Å². The zero-order valence-corrected chi connectivity index (χ0v) is 20.4. The normalized spacial score (nSPS) is 50.7. The molecular formula is C28H50O. The fraction of sp³-hybridized carbons (Fsp3) is 1.00. The third-order valence-corrected chi connectivity index (χ3v) is 11.3. The zero-order chi connectivity index (χ0) is 21.0. The molecule has 29 heavy (non-hydrogen) atoms. The maximum Gasteiger partial charge on any atom is 0.0624 e. The Morgan fingerprint density at radius 3 is 2.31 bits per heavy atom. The summed E-state index contributed by atoms with van der Waals surface area (Å²) in [5.41, 5.74) is 0.774. The Hall–Kier alpha value is -0.0400. The summed E-state index contributed by atoms with van der Waals surface area (Å²) in [6.45, 7) is 14.8. The molecule has 0 aromatic heterocycles. The summed E-state index contributed by atoms with van der Waals surface area (Å²) in [4.78, 5) is 0. The minimum atomic E-state index is -0.0643. The standard InChI is InChI=1S/C28H50O/c1-18(2)8-7-9-19(3)23-14-15-24-22-13-12-21-11-10-20(4)26(29)28(21,6)25(22)16-17-27(23,24)5/h18-26,29H,7-17H2,1-6H3/t19-,20?,21?,22+,23-,24+,25+,26?,27-,28+/m1/s1. The summed E-state index contributed by atoms with van der Waals surface area (Å²) in [7, 11) is 0. The van der Waals surface area contributed by atoms with Crippen LogP contribution in [0.3, 0.4) is 0 Å². The van der Waals surface area contributed by atoms with E-state index in [0.29, 0.717) is 11.3 Å². The van der Waals surface area contributed by atoms with Crippen LogP contribution in [0, 0.1) is 58.2 Å². The maximum atomic E-state index is 11.4. The number of aliphatic hydroxyl groups excluding tert-OH is 1. The molecule has 0 bridgehead atoms. The summed E-state index contributed by atoms with van der Waals surface area (Å²) in [6.07, 6.45) is 15.4. The highest BCUT2D eigenvalue weighted by Crippen LogP contribution is 2.68. The van der Waals surface area contributed by atoms with Gasteiger partial charge < -0.3 is 5.11 Å². The topological polar surface area (TPSA) is 20.2 Å². The first-order valence-electron chi connectivity index (χ1n) is 13.4. The molecule has 0 aliphatic heterocycles. The van der Waals surface area contributed by atoms with Crippen molar-refractivity contribution >= 4 is 0 Å². The Kier molecular flexibility index (Phi) is 6.22. The van der Waals surface area contributed by atoms with Crippen molar-refractivity contribution in [2.24, 2.45) is 58.2 Å². The molecule has 0 aromatic carbocycles. The number of aliphatic hydroxyl groups is 1. The van der Waals surface area contributed by atoms with Crippen LogP contribution in [-0.4, -0.2) is 11.2 Å². The SMILES string of the molecule is CC(C)CCC[C@@H](C)[C@H]1CC[C@H]2[C@@H]3CCC4CCC(C)C(O)[C@]4(C)[C@H]3CC[C@]12C. The smallest absolute Gasteiger partial charge is 0.0624 e. The van der Waals surface area contributed by atoms with Crippen LogP contribution in [0.15, 0.2) is 0 Å². The van der Waals surface area contributed by atoms with Crippen LogP contribution >= 0.6 is 0 Å². The highest BCUT2D eigenvalue weighted by atomic mass is 16.3. The molecule has 1 nitrogen and oxygen atoms in total. The van der Waals surface area contributed by atoms with Gasteiger partial charge in [0.2, 0.25) is 0 Å². The van der Waals surface area contributed by atoms with Crippen LogP contribution < -0.4 is 0 Å². The first-order valence-corrected chi connectivity index (χ1v) is 13.4. The van der Waals surface area contributed by atoms with E-state index in [4.69, 9.17) is 0 Å². The summed E-state index contributed by atoms with van der Waals surface area (Å²) >= 11 is 0. The second-order valence-electron chi connectivity index (χ2n) is 13.0. The highest BCUT2D eigenvalue weighted by Gasteiger charge is 2.62. The number of hydrogen-bond donors (Lipinski definition) is 1. The van der Waals surface area contributed by atoms with E-state index in [1.807, 2.05) is 0 Å². The molecule has 168 valence electrons. The molecule has 0 aromatic rings. The third kappa shape index (κ3) is 3.54. The van der Waals surface area contributed by atoms with Crippen molar-refractivity contribution in [2.75, 3.05) is 0 Å². The third-order valence-electron chi connectivity index (χ3n) is 11.3. The molecule has 10 atom stereocenters. The van der Waals surface area contributed by atoms with Gasteiger partial charge in [-0.15, -0.1) is 0 Å². The Labute approximate surface area is 181 Å². The van der Waals surface area contributed by atoms with Crippen molar-refractivity contribution in [1.82, 2.24) is 0 Å². The number of fused-ring (bicyclic) bond motifs is 5. The monoisotopic (exact) mass is 402 g/mol. The van der Waals surface area contributed by atoms with E-state index < -0.39 is 0 Å². The van der Waals surface area contributed by atoms with E-state index in [-0.39, 0.29) is 11.5 Å². The van der Waals surface area contributed by atoms with Crippen molar-refractivity contribution in [3.05, 3.63) is 0 Å². The molecule has 0 saturated heterocycles. The Morgan fingerprint density at radius 2 is 1.59 bits per heavy atom. The quantitative estimate of drug-likeness (QED) is 0.499. The van der Waals surface area contributed by atoms with Crippen LogP contribution in [0.2, 0.25) is 0 Å². The van der Waals surface area contributed by atoms with Crippen LogP contribution in [0.1, 0.15) is 112 Å². The second kappa shape index (κ2) is 8.14. The van der Waals surface area contributed by atoms with E-state index in [2.05, 4.69) is 41.5 Å². The van der Waals surface area contributed by atoms with Gasteiger partial charge in [0.25, 0.3) is 0 Å². The molecular weight excluding hydrogens is 352 g/mol. The molecule has 0 radical (unpaired) electrons. The van der Waals surface area contributed by atoms with Gasteiger partial charge in [-0.3, -0.25) is 0 Å². The first kappa shape index (κ1) is 22.2. The van der Waals surface area contributed by atoms with Gasteiger partial charge in [-0.1, -0.05) is 60.8 Å². The second-order valence-corrected chi connectivity index (χ2v) is 13.0.